The molecule has 1 fully saturated rings. The van der Waals surface area contributed by atoms with E-state index in [1.807, 2.05) is 13.1 Å². The van der Waals surface area contributed by atoms with Gasteiger partial charge in [-0.05, 0) is 25.0 Å². The predicted octanol–water partition coefficient (Wildman–Crippen LogP) is 2.97. The summed E-state index contributed by atoms with van der Waals surface area (Å²) in [6.07, 6.45) is 10.2. The zero-order chi connectivity index (χ0) is 13.5. The highest BCUT2D eigenvalue weighted by Crippen LogP contribution is 2.17. The molecule has 1 aliphatic carbocycles. The highest BCUT2D eigenvalue weighted by Gasteiger charge is 2.16. The lowest BCUT2D eigenvalue weighted by Crippen LogP contribution is -2.35. The van der Waals surface area contributed by atoms with Crippen molar-refractivity contribution >= 4 is 11.6 Å². The van der Waals surface area contributed by atoms with E-state index in [-0.39, 0.29) is 5.91 Å². The van der Waals surface area contributed by atoms with Gasteiger partial charge in [0, 0.05) is 25.0 Å². The van der Waals surface area contributed by atoms with Gasteiger partial charge in [-0.25, -0.2) is 0 Å². The first-order valence-corrected chi connectivity index (χ1v) is 7.24. The Morgan fingerprint density at radius 3 is 2.58 bits per heavy atom. The van der Waals surface area contributed by atoms with E-state index in [0.717, 1.165) is 18.5 Å². The fraction of sp³-hybridized carbons (Fsp3) is 0.600. The number of hydrogen-bond donors (Lipinski definition) is 2. The van der Waals surface area contributed by atoms with Crippen molar-refractivity contribution in [1.82, 2.24) is 10.3 Å². The number of aromatic nitrogens is 1. The van der Waals surface area contributed by atoms with E-state index in [1.54, 1.807) is 12.3 Å². The van der Waals surface area contributed by atoms with Crippen LogP contribution in [0.15, 0.2) is 18.3 Å². The Labute approximate surface area is 115 Å². The molecule has 2 N–H and O–H groups in total. The first-order chi connectivity index (χ1) is 9.29. The molecule has 1 heterocycles. The first-order valence-electron chi connectivity index (χ1n) is 7.24. The molecule has 1 saturated carbocycles. The first kappa shape index (κ1) is 13.8. The number of carbonyl (C=O) groups is 1. The Morgan fingerprint density at radius 2 is 1.89 bits per heavy atom. The zero-order valence-corrected chi connectivity index (χ0v) is 11.6. The molecule has 1 aromatic rings. The van der Waals surface area contributed by atoms with E-state index in [0.29, 0.717) is 11.7 Å². The van der Waals surface area contributed by atoms with Gasteiger partial charge in [-0.2, -0.15) is 0 Å². The minimum Gasteiger partial charge on any atom is -0.388 e. The number of nitrogens with one attached hydrogen (secondary N) is 2. The fourth-order valence-electron chi connectivity index (χ4n) is 2.57. The van der Waals surface area contributed by atoms with Crippen LogP contribution in [-0.2, 0) is 0 Å². The van der Waals surface area contributed by atoms with Crippen molar-refractivity contribution in [2.45, 2.75) is 51.0 Å². The van der Waals surface area contributed by atoms with E-state index in [9.17, 15) is 4.79 Å². The lowest BCUT2D eigenvalue weighted by molar-refractivity contribution is 0.0925. The van der Waals surface area contributed by atoms with Crippen LogP contribution in [0.1, 0.15) is 55.4 Å². The average Bonchev–Trinajstić information content (AvgIpc) is 2.41. The molecule has 0 atom stereocenters. The number of nitrogens with zero attached hydrogens (tertiary/aromatic N) is 1. The molecule has 2 rings (SSSR count). The van der Waals surface area contributed by atoms with Crippen LogP contribution < -0.4 is 10.6 Å². The molecular formula is C15H23N3O. The number of hydrogen-bond acceptors (Lipinski definition) is 3. The van der Waals surface area contributed by atoms with Gasteiger partial charge in [-0.1, -0.05) is 32.1 Å². The number of rotatable bonds is 3. The van der Waals surface area contributed by atoms with Gasteiger partial charge in [0.15, 0.2) is 0 Å². The summed E-state index contributed by atoms with van der Waals surface area (Å²) in [5, 5.41) is 6.15. The van der Waals surface area contributed by atoms with E-state index in [2.05, 4.69) is 15.6 Å². The molecule has 1 aliphatic rings. The van der Waals surface area contributed by atoms with Crippen molar-refractivity contribution in [2.75, 3.05) is 12.4 Å². The summed E-state index contributed by atoms with van der Waals surface area (Å²) in [5.41, 5.74) is 1.41. The quantitative estimate of drug-likeness (QED) is 0.879. The van der Waals surface area contributed by atoms with Gasteiger partial charge < -0.3 is 10.6 Å². The van der Waals surface area contributed by atoms with Gasteiger partial charge in [-0.15, -0.1) is 0 Å². The molecule has 0 saturated heterocycles. The molecule has 4 heteroatoms. The second-order valence-corrected chi connectivity index (χ2v) is 5.20. The summed E-state index contributed by atoms with van der Waals surface area (Å²) < 4.78 is 0. The molecule has 0 unspecified atom stereocenters. The highest BCUT2D eigenvalue weighted by atomic mass is 16.1. The van der Waals surface area contributed by atoms with Gasteiger partial charge in [0.1, 0.15) is 5.69 Å². The summed E-state index contributed by atoms with van der Waals surface area (Å²) in [6.45, 7) is 0. The Kier molecular flexibility index (Phi) is 5.19. The lowest BCUT2D eigenvalue weighted by atomic mass is 9.96. The zero-order valence-electron chi connectivity index (χ0n) is 11.6. The van der Waals surface area contributed by atoms with Crippen LogP contribution in [0.25, 0.3) is 0 Å². The topological polar surface area (TPSA) is 54.0 Å². The molecule has 104 valence electrons. The third-order valence-corrected chi connectivity index (χ3v) is 3.72. The number of anilines is 1. The van der Waals surface area contributed by atoms with Crippen LogP contribution in [0.4, 0.5) is 5.69 Å². The number of pyridine rings is 1. The van der Waals surface area contributed by atoms with Crippen LogP contribution in [0.5, 0.6) is 0 Å². The molecule has 0 bridgehead atoms. The summed E-state index contributed by atoms with van der Waals surface area (Å²) in [6, 6.07) is 3.96. The van der Waals surface area contributed by atoms with E-state index >= 15 is 0 Å². The van der Waals surface area contributed by atoms with E-state index in [1.165, 1.54) is 32.1 Å². The summed E-state index contributed by atoms with van der Waals surface area (Å²) in [7, 11) is 1.84. The summed E-state index contributed by atoms with van der Waals surface area (Å²) in [4.78, 5) is 16.3. The van der Waals surface area contributed by atoms with Crippen molar-refractivity contribution in [3.05, 3.63) is 24.0 Å². The maximum Gasteiger partial charge on any atom is 0.270 e. The van der Waals surface area contributed by atoms with Crippen molar-refractivity contribution < 1.29 is 4.79 Å². The summed E-state index contributed by atoms with van der Waals surface area (Å²) >= 11 is 0. The second kappa shape index (κ2) is 7.12. The van der Waals surface area contributed by atoms with Gasteiger partial charge in [0.2, 0.25) is 0 Å². The van der Waals surface area contributed by atoms with Crippen LogP contribution in [-0.4, -0.2) is 24.0 Å². The Bertz CT molecular complexity index is 412. The average molecular weight is 261 g/mol. The van der Waals surface area contributed by atoms with Crippen LogP contribution in [0.2, 0.25) is 0 Å². The molecule has 1 amide bonds. The maximum atomic E-state index is 12.2. The van der Waals surface area contributed by atoms with Crippen LogP contribution >= 0.6 is 0 Å². The Hall–Kier alpha value is -1.58. The Morgan fingerprint density at radius 1 is 1.21 bits per heavy atom. The monoisotopic (exact) mass is 261 g/mol. The SMILES string of the molecule is CNc1ccnc(C(=O)NC2CCCCCCC2)c1. The largest absolute Gasteiger partial charge is 0.388 e. The number of carbonyl (C=O) groups excluding carboxylic acids is 1. The van der Waals surface area contributed by atoms with Crippen molar-refractivity contribution in [3.63, 3.8) is 0 Å². The van der Waals surface area contributed by atoms with Crippen LogP contribution in [0.3, 0.4) is 0 Å². The molecule has 0 spiro atoms. The van der Waals surface area contributed by atoms with Crippen molar-refractivity contribution in [1.29, 1.82) is 0 Å². The molecule has 0 aromatic carbocycles. The molecular weight excluding hydrogens is 238 g/mol. The predicted molar refractivity (Wildman–Crippen MR) is 77.4 cm³/mol. The number of amides is 1. The fourth-order valence-corrected chi connectivity index (χ4v) is 2.57. The van der Waals surface area contributed by atoms with E-state index < -0.39 is 0 Å². The second-order valence-electron chi connectivity index (χ2n) is 5.20. The van der Waals surface area contributed by atoms with Crippen molar-refractivity contribution in [3.8, 4) is 0 Å². The minimum absolute atomic E-state index is 0.0531. The molecule has 4 nitrogen and oxygen atoms in total. The van der Waals surface area contributed by atoms with Gasteiger partial charge in [0.05, 0.1) is 0 Å². The maximum absolute atomic E-state index is 12.2. The Balaban J connectivity index is 1.94. The lowest BCUT2D eigenvalue weighted by Gasteiger charge is -2.20. The van der Waals surface area contributed by atoms with Gasteiger partial charge in [0.25, 0.3) is 5.91 Å². The van der Waals surface area contributed by atoms with E-state index in [4.69, 9.17) is 0 Å². The highest BCUT2D eigenvalue weighted by molar-refractivity contribution is 5.93. The molecule has 1 aromatic heterocycles. The van der Waals surface area contributed by atoms with Gasteiger partial charge >= 0.3 is 0 Å². The molecule has 0 aliphatic heterocycles. The summed E-state index contributed by atoms with van der Waals surface area (Å²) in [5.74, 6) is -0.0531. The van der Waals surface area contributed by atoms with Crippen molar-refractivity contribution in [2.24, 2.45) is 0 Å². The third-order valence-electron chi connectivity index (χ3n) is 3.72. The molecule has 0 radical (unpaired) electrons. The molecule has 19 heavy (non-hydrogen) atoms. The smallest absolute Gasteiger partial charge is 0.270 e. The third kappa shape index (κ3) is 4.23. The minimum atomic E-state index is -0.0531. The normalized spacial score (nSPS) is 17.3. The van der Waals surface area contributed by atoms with Crippen LogP contribution in [0, 0.1) is 0 Å². The van der Waals surface area contributed by atoms with Gasteiger partial charge in [-0.3, -0.25) is 9.78 Å². The standard InChI is InChI=1S/C15H23N3O/c1-16-13-9-10-17-14(11-13)15(19)18-12-7-5-3-2-4-6-8-12/h9-12H,2-8H2,1H3,(H,16,17)(H,18,19).